The highest BCUT2D eigenvalue weighted by atomic mass is 19.1. The van der Waals surface area contributed by atoms with Gasteiger partial charge in [-0.2, -0.15) is 4.39 Å². The molecule has 0 unspecified atom stereocenters. The van der Waals surface area contributed by atoms with Gasteiger partial charge in [0.2, 0.25) is 5.95 Å². The summed E-state index contributed by atoms with van der Waals surface area (Å²) in [6.07, 6.45) is 1.26. The monoisotopic (exact) mass is 245 g/mol. The highest BCUT2D eigenvalue weighted by Crippen LogP contribution is 2.14. The number of nitrogens with zero attached hydrogens (tertiary/aromatic N) is 1. The van der Waals surface area contributed by atoms with E-state index in [2.05, 4.69) is 10.3 Å². The van der Waals surface area contributed by atoms with E-state index in [4.69, 9.17) is 5.73 Å². The average molecular weight is 245 g/mol. The molecular formula is C13H12FN3O. The summed E-state index contributed by atoms with van der Waals surface area (Å²) < 4.78 is 12.6. The first kappa shape index (κ1) is 12.0. The Morgan fingerprint density at radius 3 is 2.72 bits per heavy atom. The van der Waals surface area contributed by atoms with E-state index in [1.54, 1.807) is 18.2 Å². The fourth-order valence-corrected chi connectivity index (χ4v) is 1.47. The molecule has 2 rings (SSSR count). The van der Waals surface area contributed by atoms with Crippen LogP contribution >= 0.6 is 0 Å². The molecule has 0 aliphatic rings. The molecular weight excluding hydrogens is 233 g/mol. The number of hydrogen-bond acceptors (Lipinski definition) is 3. The summed E-state index contributed by atoms with van der Waals surface area (Å²) in [6.45, 7) is 1.82. The maximum Gasteiger partial charge on any atom is 0.255 e. The number of carbonyl (C=O) groups excluding carboxylic acids is 1. The van der Waals surface area contributed by atoms with Crippen LogP contribution in [0.4, 0.5) is 15.8 Å². The number of nitrogen functional groups attached to an aromatic ring is 1. The molecule has 0 atom stereocenters. The molecule has 0 aliphatic carbocycles. The van der Waals surface area contributed by atoms with Gasteiger partial charge in [0, 0.05) is 11.3 Å². The van der Waals surface area contributed by atoms with Crippen LogP contribution in [-0.2, 0) is 0 Å². The van der Waals surface area contributed by atoms with Crippen molar-refractivity contribution in [3.8, 4) is 0 Å². The Balaban J connectivity index is 2.16. The van der Waals surface area contributed by atoms with Gasteiger partial charge < -0.3 is 11.1 Å². The number of aryl methyl sites for hydroxylation is 1. The van der Waals surface area contributed by atoms with Gasteiger partial charge in [0.25, 0.3) is 5.91 Å². The molecule has 0 spiro atoms. The molecule has 0 saturated heterocycles. The Kier molecular flexibility index (Phi) is 3.23. The Labute approximate surface area is 104 Å². The third kappa shape index (κ3) is 2.63. The third-order valence-corrected chi connectivity index (χ3v) is 2.52. The number of benzene rings is 1. The molecule has 4 nitrogen and oxygen atoms in total. The number of nitrogens with two attached hydrogens (primary N) is 1. The van der Waals surface area contributed by atoms with Crippen molar-refractivity contribution in [2.24, 2.45) is 0 Å². The number of nitrogens with one attached hydrogen (secondary N) is 1. The molecule has 0 fully saturated rings. The largest absolute Gasteiger partial charge is 0.399 e. The maximum absolute atomic E-state index is 12.6. The number of pyridine rings is 1. The van der Waals surface area contributed by atoms with E-state index in [9.17, 15) is 9.18 Å². The zero-order valence-electron chi connectivity index (χ0n) is 9.77. The molecule has 5 heteroatoms. The van der Waals surface area contributed by atoms with Crippen LogP contribution in [0.15, 0.2) is 36.5 Å². The molecule has 1 aromatic heterocycles. The molecule has 1 aromatic carbocycles. The van der Waals surface area contributed by atoms with Crippen molar-refractivity contribution >= 4 is 17.3 Å². The van der Waals surface area contributed by atoms with Crippen molar-refractivity contribution in [3.05, 3.63) is 53.6 Å². The van der Waals surface area contributed by atoms with Crippen molar-refractivity contribution in [1.29, 1.82) is 0 Å². The topological polar surface area (TPSA) is 68.0 Å². The number of amides is 1. The predicted molar refractivity (Wildman–Crippen MR) is 67.7 cm³/mol. The lowest BCUT2D eigenvalue weighted by Gasteiger charge is -2.06. The second kappa shape index (κ2) is 4.83. The molecule has 92 valence electrons. The molecule has 18 heavy (non-hydrogen) atoms. The fourth-order valence-electron chi connectivity index (χ4n) is 1.47. The van der Waals surface area contributed by atoms with Crippen LogP contribution < -0.4 is 11.1 Å². The van der Waals surface area contributed by atoms with E-state index in [-0.39, 0.29) is 5.91 Å². The van der Waals surface area contributed by atoms with E-state index < -0.39 is 5.95 Å². The zero-order valence-corrected chi connectivity index (χ0v) is 9.77. The van der Waals surface area contributed by atoms with Gasteiger partial charge in [-0.25, -0.2) is 4.98 Å². The number of rotatable bonds is 2. The lowest BCUT2D eigenvalue weighted by Crippen LogP contribution is -2.12. The quantitative estimate of drug-likeness (QED) is 0.630. The van der Waals surface area contributed by atoms with E-state index in [1.165, 1.54) is 18.3 Å². The lowest BCUT2D eigenvalue weighted by atomic mass is 10.1. The first-order chi connectivity index (χ1) is 8.56. The van der Waals surface area contributed by atoms with Crippen LogP contribution in [0.3, 0.4) is 0 Å². The molecule has 0 aliphatic heterocycles. The van der Waals surface area contributed by atoms with Crippen LogP contribution in [-0.4, -0.2) is 10.9 Å². The van der Waals surface area contributed by atoms with Gasteiger partial charge in [-0.1, -0.05) is 0 Å². The second-order valence-corrected chi connectivity index (χ2v) is 3.90. The van der Waals surface area contributed by atoms with Gasteiger partial charge in [-0.05, 0) is 42.8 Å². The Morgan fingerprint density at radius 2 is 2.11 bits per heavy atom. The molecule has 0 radical (unpaired) electrons. The van der Waals surface area contributed by atoms with Crippen molar-refractivity contribution in [2.75, 3.05) is 11.1 Å². The number of anilines is 2. The van der Waals surface area contributed by atoms with Gasteiger partial charge in [0.1, 0.15) is 0 Å². The minimum absolute atomic E-state index is 0.286. The van der Waals surface area contributed by atoms with Gasteiger partial charge in [-0.15, -0.1) is 0 Å². The van der Waals surface area contributed by atoms with Gasteiger partial charge >= 0.3 is 0 Å². The van der Waals surface area contributed by atoms with Crippen LogP contribution in [0.25, 0.3) is 0 Å². The number of hydrogen-bond donors (Lipinski definition) is 2. The Morgan fingerprint density at radius 1 is 1.33 bits per heavy atom. The minimum Gasteiger partial charge on any atom is -0.399 e. The maximum atomic E-state index is 12.6. The standard InChI is InChI=1S/C13H12FN3O/c1-8-6-9(2-4-11(8)15)13(18)17-10-3-5-12(14)16-7-10/h2-7H,15H2,1H3,(H,17,18). The smallest absolute Gasteiger partial charge is 0.255 e. The first-order valence-corrected chi connectivity index (χ1v) is 5.35. The summed E-state index contributed by atoms with van der Waals surface area (Å²) in [5, 5.41) is 2.62. The fraction of sp³-hybridized carbons (Fsp3) is 0.0769. The first-order valence-electron chi connectivity index (χ1n) is 5.35. The Hall–Kier alpha value is -2.43. The number of halogens is 1. The van der Waals surface area contributed by atoms with Crippen molar-refractivity contribution in [1.82, 2.24) is 4.98 Å². The van der Waals surface area contributed by atoms with Crippen molar-refractivity contribution < 1.29 is 9.18 Å². The molecule has 2 aromatic rings. The van der Waals surface area contributed by atoms with Crippen molar-refractivity contribution in [3.63, 3.8) is 0 Å². The molecule has 0 bridgehead atoms. The van der Waals surface area contributed by atoms with Gasteiger partial charge in [-0.3, -0.25) is 4.79 Å². The third-order valence-electron chi connectivity index (χ3n) is 2.52. The minimum atomic E-state index is -0.587. The number of carbonyl (C=O) groups is 1. The normalized spacial score (nSPS) is 10.1. The SMILES string of the molecule is Cc1cc(C(=O)Nc2ccc(F)nc2)ccc1N. The average Bonchev–Trinajstić information content (AvgIpc) is 2.35. The summed E-state index contributed by atoms with van der Waals surface area (Å²) >= 11 is 0. The predicted octanol–water partition coefficient (Wildman–Crippen LogP) is 2.36. The molecule has 0 saturated carbocycles. The molecule has 1 amide bonds. The highest BCUT2D eigenvalue weighted by molar-refractivity contribution is 6.04. The van der Waals surface area contributed by atoms with Crippen LogP contribution in [0, 0.1) is 12.9 Å². The van der Waals surface area contributed by atoms with E-state index in [0.29, 0.717) is 16.9 Å². The highest BCUT2D eigenvalue weighted by Gasteiger charge is 2.07. The van der Waals surface area contributed by atoms with Gasteiger partial charge in [0.05, 0.1) is 11.9 Å². The van der Waals surface area contributed by atoms with Crippen LogP contribution in [0.5, 0.6) is 0 Å². The van der Waals surface area contributed by atoms with Gasteiger partial charge in [0.15, 0.2) is 0 Å². The van der Waals surface area contributed by atoms with Crippen LogP contribution in [0.1, 0.15) is 15.9 Å². The van der Waals surface area contributed by atoms with E-state index in [0.717, 1.165) is 5.56 Å². The zero-order chi connectivity index (χ0) is 13.1. The van der Waals surface area contributed by atoms with Crippen LogP contribution in [0.2, 0.25) is 0 Å². The van der Waals surface area contributed by atoms with Crippen molar-refractivity contribution in [2.45, 2.75) is 6.92 Å². The summed E-state index contributed by atoms with van der Waals surface area (Å²) in [5.74, 6) is -0.872. The number of aromatic nitrogens is 1. The molecule has 3 N–H and O–H groups in total. The summed E-state index contributed by atoms with van der Waals surface area (Å²) in [5.41, 5.74) is 8.07. The summed E-state index contributed by atoms with van der Waals surface area (Å²) in [4.78, 5) is 15.3. The molecule has 1 heterocycles. The van der Waals surface area contributed by atoms with E-state index >= 15 is 0 Å². The Bertz CT molecular complexity index is 581. The summed E-state index contributed by atoms with van der Waals surface area (Å²) in [6, 6.07) is 7.64. The summed E-state index contributed by atoms with van der Waals surface area (Å²) in [7, 11) is 0. The second-order valence-electron chi connectivity index (χ2n) is 3.90. The lowest BCUT2D eigenvalue weighted by molar-refractivity contribution is 0.102. The van der Waals surface area contributed by atoms with E-state index in [1.807, 2.05) is 6.92 Å².